The molecule has 1 amide bonds. The molecule has 3 nitrogen and oxygen atoms in total. The summed E-state index contributed by atoms with van der Waals surface area (Å²) in [5, 5.41) is 6.48. The van der Waals surface area contributed by atoms with Crippen LogP contribution in [0, 0.1) is 5.92 Å². The van der Waals surface area contributed by atoms with Crippen molar-refractivity contribution in [3.63, 3.8) is 0 Å². The van der Waals surface area contributed by atoms with E-state index < -0.39 is 0 Å². The van der Waals surface area contributed by atoms with E-state index in [4.69, 9.17) is 0 Å². The average Bonchev–Trinajstić information content (AvgIpc) is 2.54. The first-order chi connectivity index (χ1) is 10.6. The number of benzene rings is 1. The van der Waals surface area contributed by atoms with Gasteiger partial charge in [0.1, 0.15) is 0 Å². The smallest absolute Gasteiger partial charge is 0.220 e. The van der Waals surface area contributed by atoms with Crippen LogP contribution in [0.2, 0.25) is 0 Å². The standard InChI is InChI=1S/C19H30N2O.ClH/c1-15(2)18-8-5-16(6-9-18)7-10-19(22)21-13-11-17-4-3-12-20-14-17;/h5-6,8-9,15,17,20H,3-4,7,10-14H2,1-2H3,(H,21,22);1H. The Kier molecular flexibility index (Phi) is 9.27. The molecule has 1 aliphatic heterocycles. The van der Waals surface area contributed by atoms with E-state index in [2.05, 4.69) is 48.7 Å². The van der Waals surface area contributed by atoms with Crippen LogP contribution < -0.4 is 10.6 Å². The van der Waals surface area contributed by atoms with Crippen LogP contribution in [-0.4, -0.2) is 25.5 Å². The normalized spacial score (nSPS) is 17.6. The molecule has 0 saturated carbocycles. The SMILES string of the molecule is CC(C)c1ccc(CCC(=O)NCCC2CCCNC2)cc1.Cl. The Hall–Kier alpha value is -1.06. The number of piperidine rings is 1. The van der Waals surface area contributed by atoms with Crippen molar-refractivity contribution in [2.75, 3.05) is 19.6 Å². The van der Waals surface area contributed by atoms with Crippen LogP contribution in [-0.2, 0) is 11.2 Å². The van der Waals surface area contributed by atoms with Gasteiger partial charge < -0.3 is 10.6 Å². The lowest BCUT2D eigenvalue weighted by Gasteiger charge is -2.22. The second-order valence-electron chi connectivity index (χ2n) is 6.75. The van der Waals surface area contributed by atoms with Crippen LogP contribution in [0.5, 0.6) is 0 Å². The average molecular weight is 339 g/mol. The highest BCUT2D eigenvalue weighted by molar-refractivity contribution is 5.85. The maximum Gasteiger partial charge on any atom is 0.220 e. The zero-order chi connectivity index (χ0) is 15.8. The van der Waals surface area contributed by atoms with Crippen LogP contribution in [0.3, 0.4) is 0 Å². The molecule has 0 aliphatic carbocycles. The van der Waals surface area contributed by atoms with E-state index in [9.17, 15) is 4.79 Å². The maximum absolute atomic E-state index is 11.9. The lowest BCUT2D eigenvalue weighted by molar-refractivity contribution is -0.121. The minimum Gasteiger partial charge on any atom is -0.356 e. The molecule has 23 heavy (non-hydrogen) atoms. The molecule has 2 rings (SSSR count). The van der Waals surface area contributed by atoms with Crippen molar-refractivity contribution in [1.29, 1.82) is 0 Å². The highest BCUT2D eigenvalue weighted by atomic mass is 35.5. The molecule has 0 radical (unpaired) electrons. The quantitative estimate of drug-likeness (QED) is 0.796. The van der Waals surface area contributed by atoms with Crippen molar-refractivity contribution in [1.82, 2.24) is 10.6 Å². The Morgan fingerprint density at radius 3 is 2.65 bits per heavy atom. The van der Waals surface area contributed by atoms with Crippen LogP contribution in [0.15, 0.2) is 24.3 Å². The van der Waals surface area contributed by atoms with Gasteiger partial charge in [0.15, 0.2) is 0 Å². The van der Waals surface area contributed by atoms with Gasteiger partial charge in [-0.05, 0) is 61.7 Å². The van der Waals surface area contributed by atoms with Gasteiger partial charge in [0, 0.05) is 13.0 Å². The largest absolute Gasteiger partial charge is 0.356 e. The van der Waals surface area contributed by atoms with Crippen molar-refractivity contribution in [3.8, 4) is 0 Å². The molecule has 0 aromatic heterocycles. The number of rotatable bonds is 7. The zero-order valence-electron chi connectivity index (χ0n) is 14.4. The topological polar surface area (TPSA) is 41.1 Å². The third-order valence-corrected chi connectivity index (χ3v) is 4.56. The maximum atomic E-state index is 11.9. The third kappa shape index (κ3) is 7.36. The minimum atomic E-state index is 0. The van der Waals surface area contributed by atoms with E-state index in [1.807, 2.05) is 0 Å². The molecule has 130 valence electrons. The summed E-state index contributed by atoms with van der Waals surface area (Å²) in [4.78, 5) is 11.9. The van der Waals surface area contributed by atoms with Crippen LogP contribution >= 0.6 is 12.4 Å². The molecule has 1 saturated heterocycles. The number of halogens is 1. The highest BCUT2D eigenvalue weighted by Gasteiger charge is 2.12. The third-order valence-electron chi connectivity index (χ3n) is 4.56. The minimum absolute atomic E-state index is 0. The number of nitrogens with one attached hydrogen (secondary N) is 2. The summed E-state index contributed by atoms with van der Waals surface area (Å²) < 4.78 is 0. The van der Waals surface area contributed by atoms with E-state index in [1.54, 1.807) is 0 Å². The number of hydrogen-bond acceptors (Lipinski definition) is 2. The molecule has 1 atom stereocenters. The molecule has 0 spiro atoms. The monoisotopic (exact) mass is 338 g/mol. The second kappa shape index (κ2) is 10.7. The number of amides is 1. The molecule has 2 N–H and O–H groups in total. The first kappa shape index (κ1) is 20.0. The lowest BCUT2D eigenvalue weighted by Crippen LogP contribution is -2.33. The fourth-order valence-electron chi connectivity index (χ4n) is 3.00. The highest BCUT2D eigenvalue weighted by Crippen LogP contribution is 2.15. The summed E-state index contributed by atoms with van der Waals surface area (Å²) >= 11 is 0. The molecule has 1 unspecified atom stereocenters. The summed E-state index contributed by atoms with van der Waals surface area (Å²) in [7, 11) is 0. The van der Waals surface area contributed by atoms with E-state index in [1.165, 1.54) is 24.0 Å². The number of carbonyl (C=O) groups excluding carboxylic acids is 1. The Balaban J connectivity index is 0.00000264. The van der Waals surface area contributed by atoms with Gasteiger partial charge in [-0.1, -0.05) is 38.1 Å². The molecule has 1 aromatic carbocycles. The molecule has 1 aliphatic rings. The molecule has 0 bridgehead atoms. The van der Waals surface area contributed by atoms with Crippen molar-refractivity contribution < 1.29 is 4.79 Å². The van der Waals surface area contributed by atoms with Gasteiger partial charge in [0.05, 0.1) is 0 Å². The Morgan fingerprint density at radius 1 is 1.30 bits per heavy atom. The first-order valence-corrected chi connectivity index (χ1v) is 8.71. The van der Waals surface area contributed by atoms with E-state index in [0.717, 1.165) is 38.4 Å². The summed E-state index contributed by atoms with van der Waals surface area (Å²) in [5.74, 6) is 1.47. The van der Waals surface area contributed by atoms with Gasteiger partial charge in [0.25, 0.3) is 0 Å². The van der Waals surface area contributed by atoms with E-state index >= 15 is 0 Å². The number of aryl methyl sites for hydroxylation is 1. The van der Waals surface area contributed by atoms with Crippen molar-refractivity contribution >= 4 is 18.3 Å². The van der Waals surface area contributed by atoms with Gasteiger partial charge in [-0.15, -0.1) is 12.4 Å². The Bertz CT molecular complexity index is 453. The van der Waals surface area contributed by atoms with Gasteiger partial charge in [-0.25, -0.2) is 0 Å². The van der Waals surface area contributed by atoms with Crippen LogP contribution in [0.4, 0.5) is 0 Å². The Labute approximate surface area is 147 Å². The second-order valence-corrected chi connectivity index (χ2v) is 6.75. The molecule has 1 fully saturated rings. The van der Waals surface area contributed by atoms with Gasteiger partial charge in [-0.3, -0.25) is 4.79 Å². The first-order valence-electron chi connectivity index (χ1n) is 8.71. The molecule has 1 heterocycles. The molecular formula is C19H31ClN2O. The van der Waals surface area contributed by atoms with Gasteiger partial charge >= 0.3 is 0 Å². The summed E-state index contributed by atoms with van der Waals surface area (Å²) in [6.45, 7) is 7.47. The number of carbonyl (C=O) groups is 1. The van der Waals surface area contributed by atoms with E-state index in [0.29, 0.717) is 12.3 Å². The molecule has 4 heteroatoms. The zero-order valence-corrected chi connectivity index (χ0v) is 15.3. The van der Waals surface area contributed by atoms with E-state index in [-0.39, 0.29) is 18.3 Å². The Morgan fingerprint density at radius 2 is 2.04 bits per heavy atom. The fourth-order valence-corrected chi connectivity index (χ4v) is 3.00. The van der Waals surface area contributed by atoms with Gasteiger partial charge in [0.2, 0.25) is 5.91 Å². The van der Waals surface area contributed by atoms with Crippen molar-refractivity contribution in [2.45, 2.75) is 51.9 Å². The van der Waals surface area contributed by atoms with Crippen molar-refractivity contribution in [3.05, 3.63) is 35.4 Å². The lowest BCUT2D eigenvalue weighted by atomic mass is 9.96. The predicted octanol–water partition coefficient (Wildman–Crippen LogP) is 3.67. The van der Waals surface area contributed by atoms with Gasteiger partial charge in [-0.2, -0.15) is 0 Å². The number of hydrogen-bond donors (Lipinski definition) is 2. The summed E-state index contributed by atoms with van der Waals surface area (Å²) in [6.07, 6.45) is 5.08. The summed E-state index contributed by atoms with van der Waals surface area (Å²) in [6, 6.07) is 8.65. The summed E-state index contributed by atoms with van der Waals surface area (Å²) in [5.41, 5.74) is 2.60. The fraction of sp³-hybridized carbons (Fsp3) is 0.632. The van der Waals surface area contributed by atoms with Crippen molar-refractivity contribution in [2.24, 2.45) is 5.92 Å². The molecular weight excluding hydrogens is 308 g/mol. The predicted molar refractivity (Wildman–Crippen MR) is 99.3 cm³/mol. The van der Waals surface area contributed by atoms with Crippen LogP contribution in [0.1, 0.15) is 56.6 Å². The molecule has 1 aromatic rings. The van der Waals surface area contributed by atoms with Crippen LogP contribution in [0.25, 0.3) is 0 Å².